The lowest BCUT2D eigenvalue weighted by Crippen LogP contribution is -2.46. The molecule has 3 aromatic rings. The zero-order valence-corrected chi connectivity index (χ0v) is 15.8. The van der Waals surface area contributed by atoms with Crippen molar-refractivity contribution in [3.8, 4) is 0 Å². The van der Waals surface area contributed by atoms with Gasteiger partial charge in [0.1, 0.15) is 16.5 Å². The van der Waals surface area contributed by atoms with Crippen molar-refractivity contribution in [3.05, 3.63) is 57.1 Å². The van der Waals surface area contributed by atoms with Crippen molar-refractivity contribution < 1.29 is 0 Å². The average molecular weight is 379 g/mol. The van der Waals surface area contributed by atoms with Crippen LogP contribution in [0.2, 0.25) is 0 Å². The Morgan fingerprint density at radius 1 is 1.19 bits per heavy atom. The van der Waals surface area contributed by atoms with Crippen molar-refractivity contribution >= 4 is 33.4 Å². The fourth-order valence-electron chi connectivity index (χ4n) is 3.86. The van der Waals surface area contributed by atoms with Gasteiger partial charge in [-0.15, -0.1) is 11.3 Å². The van der Waals surface area contributed by atoms with Gasteiger partial charge in [-0.2, -0.15) is 0 Å². The van der Waals surface area contributed by atoms with Crippen LogP contribution in [-0.4, -0.2) is 46.0 Å². The van der Waals surface area contributed by atoms with Crippen LogP contribution in [0.1, 0.15) is 22.7 Å². The highest BCUT2D eigenvalue weighted by Crippen LogP contribution is 2.32. The van der Waals surface area contributed by atoms with E-state index in [2.05, 4.69) is 38.0 Å². The third-order valence-electron chi connectivity index (χ3n) is 5.27. The number of aryl methyl sites for hydroxylation is 1. The third-order valence-corrected chi connectivity index (χ3v) is 6.43. The van der Waals surface area contributed by atoms with E-state index < -0.39 is 0 Å². The van der Waals surface area contributed by atoms with Gasteiger partial charge < -0.3 is 9.88 Å². The van der Waals surface area contributed by atoms with E-state index in [1.165, 1.54) is 4.88 Å². The third kappa shape index (κ3) is 3.17. The summed E-state index contributed by atoms with van der Waals surface area (Å²) in [6.45, 7) is 4.41. The Hall–Kier alpha value is -2.51. The zero-order chi connectivity index (χ0) is 18.2. The highest BCUT2D eigenvalue weighted by Gasteiger charge is 2.21. The number of H-pyrrole nitrogens is 1. The molecule has 0 aromatic carbocycles. The van der Waals surface area contributed by atoms with E-state index in [1.807, 2.05) is 18.3 Å². The second kappa shape index (κ2) is 6.90. The Kier molecular flexibility index (Phi) is 4.26. The molecule has 1 saturated heterocycles. The lowest BCUT2D eigenvalue weighted by molar-refractivity contribution is 0.243. The maximum absolute atomic E-state index is 12.7. The number of aromatic nitrogens is 3. The summed E-state index contributed by atoms with van der Waals surface area (Å²) in [5, 5.41) is 0.759. The van der Waals surface area contributed by atoms with Crippen molar-refractivity contribution in [3.63, 3.8) is 0 Å². The summed E-state index contributed by atoms with van der Waals surface area (Å²) in [6.07, 6.45) is 8.11. The summed E-state index contributed by atoms with van der Waals surface area (Å²) in [5.74, 6) is 1.80. The van der Waals surface area contributed by atoms with E-state index in [1.54, 1.807) is 11.3 Å². The van der Waals surface area contributed by atoms with Gasteiger partial charge in [0, 0.05) is 42.8 Å². The molecule has 5 rings (SSSR count). The number of thiophene rings is 1. The summed E-state index contributed by atoms with van der Waals surface area (Å²) in [4.78, 5) is 31.7. The van der Waals surface area contributed by atoms with E-state index >= 15 is 0 Å². The molecular formula is C20H21N5OS. The van der Waals surface area contributed by atoms with Crippen molar-refractivity contribution in [2.45, 2.75) is 19.4 Å². The lowest BCUT2D eigenvalue weighted by atomic mass is 10.0. The van der Waals surface area contributed by atoms with Crippen LogP contribution in [0.15, 0.2) is 35.3 Å². The molecule has 0 spiro atoms. The first-order valence-electron chi connectivity index (χ1n) is 9.37. The molecule has 6 nitrogen and oxygen atoms in total. The van der Waals surface area contributed by atoms with Gasteiger partial charge in [0.15, 0.2) is 0 Å². The number of piperazine rings is 1. The predicted octanol–water partition coefficient (Wildman–Crippen LogP) is 2.66. The van der Waals surface area contributed by atoms with E-state index in [9.17, 15) is 4.79 Å². The summed E-state index contributed by atoms with van der Waals surface area (Å²) in [6, 6.07) is 6.01. The van der Waals surface area contributed by atoms with Crippen molar-refractivity contribution in [2.75, 3.05) is 31.1 Å². The van der Waals surface area contributed by atoms with Gasteiger partial charge in [0.05, 0.1) is 11.9 Å². The summed E-state index contributed by atoms with van der Waals surface area (Å²) in [5.41, 5.74) is 1.07. The van der Waals surface area contributed by atoms with E-state index in [0.717, 1.165) is 66.4 Å². The number of anilines is 1. The molecule has 27 heavy (non-hydrogen) atoms. The second-order valence-electron chi connectivity index (χ2n) is 7.02. The first-order valence-corrected chi connectivity index (χ1v) is 10.2. The Balaban J connectivity index is 1.32. The molecule has 3 aromatic heterocycles. The molecule has 0 unspecified atom stereocenters. The number of aromatic amines is 1. The minimum absolute atomic E-state index is 0.00817. The molecular weight excluding hydrogens is 358 g/mol. The first kappa shape index (κ1) is 16.6. The molecule has 4 heterocycles. The molecule has 138 valence electrons. The van der Waals surface area contributed by atoms with Crippen LogP contribution in [0.25, 0.3) is 16.3 Å². The van der Waals surface area contributed by atoms with Gasteiger partial charge in [0.2, 0.25) is 0 Å². The molecule has 1 aliphatic carbocycles. The van der Waals surface area contributed by atoms with Crippen molar-refractivity contribution in [1.29, 1.82) is 0 Å². The molecule has 2 aliphatic rings. The van der Waals surface area contributed by atoms with Gasteiger partial charge >= 0.3 is 0 Å². The summed E-state index contributed by atoms with van der Waals surface area (Å²) in [7, 11) is 0. The molecule has 1 aliphatic heterocycles. The topological polar surface area (TPSA) is 65.1 Å². The minimum atomic E-state index is -0.00817. The monoisotopic (exact) mass is 379 g/mol. The van der Waals surface area contributed by atoms with Gasteiger partial charge in [-0.25, -0.2) is 9.97 Å². The fourth-order valence-corrected chi connectivity index (χ4v) is 5.05. The van der Waals surface area contributed by atoms with Crippen LogP contribution in [0.3, 0.4) is 0 Å². The SMILES string of the molecule is O=c1[nH]c(CN2CCN(c3ccccn3)CC2)nc2sc3c(c12)C=CCC3. The number of nitrogens with one attached hydrogen (secondary N) is 1. The van der Waals surface area contributed by atoms with Crippen LogP contribution >= 0.6 is 11.3 Å². The number of fused-ring (bicyclic) bond motifs is 3. The van der Waals surface area contributed by atoms with Crippen LogP contribution in [-0.2, 0) is 13.0 Å². The first-order chi connectivity index (χ1) is 13.3. The van der Waals surface area contributed by atoms with Gasteiger partial charge in [-0.3, -0.25) is 9.69 Å². The standard InChI is InChI=1S/C20H21N5OS/c26-19-18-14-5-1-2-6-15(14)27-20(18)23-16(22-19)13-24-9-11-25(12-10-24)17-7-3-4-8-21-17/h1,3-5,7-8H,2,6,9-13H2,(H,22,23,26). The molecule has 1 fully saturated rings. The maximum atomic E-state index is 12.7. The Morgan fingerprint density at radius 3 is 2.89 bits per heavy atom. The normalized spacial score (nSPS) is 17.4. The summed E-state index contributed by atoms with van der Waals surface area (Å²) < 4.78 is 0. The van der Waals surface area contributed by atoms with Crippen LogP contribution in [0.5, 0.6) is 0 Å². The smallest absolute Gasteiger partial charge is 0.260 e. The van der Waals surface area contributed by atoms with Crippen molar-refractivity contribution in [2.24, 2.45) is 0 Å². The number of hydrogen-bond donors (Lipinski definition) is 1. The predicted molar refractivity (Wildman–Crippen MR) is 109 cm³/mol. The zero-order valence-electron chi connectivity index (χ0n) is 15.0. The Labute approximate surface area is 161 Å². The molecule has 0 saturated carbocycles. The number of pyridine rings is 1. The van der Waals surface area contributed by atoms with E-state index in [-0.39, 0.29) is 5.56 Å². The number of nitrogens with zero attached hydrogens (tertiary/aromatic N) is 4. The fraction of sp³-hybridized carbons (Fsp3) is 0.350. The summed E-state index contributed by atoms with van der Waals surface area (Å²) >= 11 is 1.67. The van der Waals surface area contributed by atoms with Crippen LogP contribution < -0.4 is 10.5 Å². The van der Waals surface area contributed by atoms with Gasteiger partial charge in [0.25, 0.3) is 5.56 Å². The molecule has 0 bridgehead atoms. The highest BCUT2D eigenvalue weighted by molar-refractivity contribution is 7.19. The second-order valence-corrected chi connectivity index (χ2v) is 8.11. The van der Waals surface area contributed by atoms with Gasteiger partial charge in [-0.1, -0.05) is 18.2 Å². The number of hydrogen-bond acceptors (Lipinski definition) is 6. The Bertz CT molecular complexity index is 1050. The lowest BCUT2D eigenvalue weighted by Gasteiger charge is -2.35. The molecule has 0 atom stereocenters. The molecule has 7 heteroatoms. The minimum Gasteiger partial charge on any atom is -0.354 e. The molecule has 0 amide bonds. The maximum Gasteiger partial charge on any atom is 0.260 e. The van der Waals surface area contributed by atoms with E-state index in [4.69, 9.17) is 4.98 Å². The quantitative estimate of drug-likeness (QED) is 0.758. The Morgan fingerprint density at radius 2 is 2.07 bits per heavy atom. The number of rotatable bonds is 3. The van der Waals surface area contributed by atoms with Gasteiger partial charge in [-0.05, 0) is 25.0 Å². The van der Waals surface area contributed by atoms with Crippen LogP contribution in [0.4, 0.5) is 5.82 Å². The average Bonchev–Trinajstić information content (AvgIpc) is 3.08. The number of allylic oxidation sites excluding steroid dienone is 1. The molecule has 0 radical (unpaired) electrons. The highest BCUT2D eigenvalue weighted by atomic mass is 32.1. The van der Waals surface area contributed by atoms with Crippen molar-refractivity contribution in [1.82, 2.24) is 19.9 Å². The van der Waals surface area contributed by atoms with E-state index in [0.29, 0.717) is 6.54 Å². The largest absolute Gasteiger partial charge is 0.354 e. The molecule has 1 N–H and O–H groups in total. The van der Waals surface area contributed by atoms with Crippen LogP contribution in [0, 0.1) is 0 Å².